The molecule has 0 saturated carbocycles. The van der Waals surface area contributed by atoms with Crippen LogP contribution in [0.3, 0.4) is 0 Å². The molecule has 0 radical (unpaired) electrons. The zero-order chi connectivity index (χ0) is 15.1. The Bertz CT molecular complexity index is 604. The van der Waals surface area contributed by atoms with E-state index in [1.54, 1.807) is 0 Å². The number of halogens is 2. The maximum atomic E-state index is 13.4. The van der Waals surface area contributed by atoms with Crippen molar-refractivity contribution < 1.29 is 13.6 Å². The van der Waals surface area contributed by atoms with Crippen molar-refractivity contribution in [2.24, 2.45) is 0 Å². The molecule has 0 atom stereocenters. The van der Waals surface area contributed by atoms with Crippen molar-refractivity contribution in [1.29, 1.82) is 0 Å². The van der Waals surface area contributed by atoms with Gasteiger partial charge in [-0.3, -0.25) is 4.79 Å². The van der Waals surface area contributed by atoms with Crippen molar-refractivity contribution in [2.45, 2.75) is 12.3 Å². The second kappa shape index (κ2) is 7.78. The van der Waals surface area contributed by atoms with Crippen LogP contribution in [-0.2, 0) is 17.1 Å². The van der Waals surface area contributed by atoms with E-state index in [2.05, 4.69) is 5.32 Å². The van der Waals surface area contributed by atoms with Gasteiger partial charge in [-0.2, -0.15) is 0 Å². The Morgan fingerprint density at radius 2 is 1.81 bits per heavy atom. The van der Waals surface area contributed by atoms with E-state index in [4.69, 9.17) is 0 Å². The molecule has 0 bridgehead atoms. The lowest BCUT2D eigenvalue weighted by Crippen LogP contribution is -2.24. The molecule has 1 amide bonds. The molecule has 0 fully saturated rings. The smallest absolute Gasteiger partial charge is 0.230 e. The number of benzene rings is 2. The first-order valence-electron chi connectivity index (χ1n) is 6.48. The van der Waals surface area contributed by atoms with Gasteiger partial charge in [0.05, 0.1) is 5.75 Å². The minimum atomic E-state index is -0.860. The maximum Gasteiger partial charge on any atom is 0.230 e. The molecule has 5 heteroatoms. The van der Waals surface area contributed by atoms with Crippen molar-refractivity contribution in [3.8, 4) is 0 Å². The first-order chi connectivity index (χ1) is 10.2. The molecule has 0 saturated heterocycles. The molecule has 0 aliphatic carbocycles. The van der Waals surface area contributed by atoms with Crippen molar-refractivity contribution in [3.05, 3.63) is 71.3 Å². The number of carbonyl (C=O) groups excluding carboxylic acids is 1. The van der Waals surface area contributed by atoms with Crippen LogP contribution < -0.4 is 5.32 Å². The summed E-state index contributed by atoms with van der Waals surface area (Å²) in [6.45, 7) is 0.467. The Balaban J connectivity index is 1.73. The summed E-state index contributed by atoms with van der Waals surface area (Å²) >= 11 is 1.25. The van der Waals surface area contributed by atoms with E-state index >= 15 is 0 Å². The van der Waals surface area contributed by atoms with Gasteiger partial charge in [0, 0.05) is 17.9 Å². The number of amides is 1. The quantitative estimate of drug-likeness (QED) is 0.885. The molecular formula is C16H15F2NOS. The highest BCUT2D eigenvalue weighted by Crippen LogP contribution is 2.17. The lowest BCUT2D eigenvalue weighted by atomic mass is 10.2. The lowest BCUT2D eigenvalue weighted by molar-refractivity contribution is -0.118. The van der Waals surface area contributed by atoms with Gasteiger partial charge in [-0.25, -0.2) is 8.78 Å². The summed E-state index contributed by atoms with van der Waals surface area (Å²) in [5.74, 6) is -1.34. The number of carbonyl (C=O) groups is 1. The normalized spacial score (nSPS) is 10.4. The molecule has 1 N–H and O–H groups in total. The average Bonchev–Trinajstić information content (AvgIpc) is 2.50. The van der Waals surface area contributed by atoms with Crippen LogP contribution in [0.25, 0.3) is 0 Å². The van der Waals surface area contributed by atoms with E-state index in [9.17, 15) is 13.6 Å². The highest BCUT2D eigenvalue weighted by molar-refractivity contribution is 7.99. The molecule has 0 unspecified atom stereocenters. The van der Waals surface area contributed by atoms with Crippen LogP contribution in [0.2, 0.25) is 0 Å². The van der Waals surface area contributed by atoms with Gasteiger partial charge in [-0.1, -0.05) is 42.5 Å². The monoisotopic (exact) mass is 307 g/mol. The Morgan fingerprint density at radius 3 is 2.57 bits per heavy atom. The Kier molecular flexibility index (Phi) is 5.75. The number of nitrogens with one attached hydrogen (secondary N) is 1. The van der Waals surface area contributed by atoms with Gasteiger partial charge in [-0.05, 0) is 11.6 Å². The van der Waals surface area contributed by atoms with E-state index in [0.29, 0.717) is 6.54 Å². The van der Waals surface area contributed by atoms with E-state index < -0.39 is 11.6 Å². The molecule has 21 heavy (non-hydrogen) atoms. The Morgan fingerprint density at radius 1 is 1.05 bits per heavy atom. The van der Waals surface area contributed by atoms with Crippen molar-refractivity contribution in [1.82, 2.24) is 5.32 Å². The first-order valence-corrected chi connectivity index (χ1v) is 7.63. The summed E-state index contributed by atoms with van der Waals surface area (Å²) in [5.41, 5.74) is 1.29. The summed E-state index contributed by atoms with van der Waals surface area (Å²) in [6, 6.07) is 13.6. The van der Waals surface area contributed by atoms with Crippen LogP contribution in [0.15, 0.2) is 48.5 Å². The molecule has 0 aliphatic heterocycles. The lowest BCUT2D eigenvalue weighted by Gasteiger charge is -2.06. The molecule has 2 rings (SSSR count). The zero-order valence-electron chi connectivity index (χ0n) is 11.3. The second-order valence-electron chi connectivity index (χ2n) is 4.47. The standard InChI is InChI=1S/C16H15F2NOS/c17-14-8-4-7-13(16(14)18)10-21-11-15(20)19-9-12-5-2-1-3-6-12/h1-8H,9-11H2,(H,19,20). The van der Waals surface area contributed by atoms with Gasteiger partial charge in [0.1, 0.15) is 0 Å². The van der Waals surface area contributed by atoms with Crippen molar-refractivity contribution >= 4 is 17.7 Å². The first kappa shape index (κ1) is 15.5. The highest BCUT2D eigenvalue weighted by atomic mass is 32.2. The summed E-state index contributed by atoms with van der Waals surface area (Å²) in [6.07, 6.45) is 0. The molecule has 0 aliphatic rings. The van der Waals surface area contributed by atoms with Crippen LogP contribution in [0.5, 0.6) is 0 Å². The molecule has 2 aromatic carbocycles. The largest absolute Gasteiger partial charge is 0.351 e. The number of thioether (sulfide) groups is 1. The molecular weight excluding hydrogens is 292 g/mol. The van der Waals surface area contributed by atoms with Gasteiger partial charge in [-0.15, -0.1) is 11.8 Å². The third-order valence-electron chi connectivity index (χ3n) is 2.85. The van der Waals surface area contributed by atoms with E-state index in [0.717, 1.165) is 11.6 Å². The number of hydrogen-bond acceptors (Lipinski definition) is 2. The average molecular weight is 307 g/mol. The van der Waals surface area contributed by atoms with Gasteiger partial charge < -0.3 is 5.32 Å². The van der Waals surface area contributed by atoms with Crippen LogP contribution in [-0.4, -0.2) is 11.7 Å². The Labute approximate surface area is 126 Å². The Hall–Kier alpha value is -1.88. The molecule has 2 aromatic rings. The fourth-order valence-corrected chi connectivity index (χ4v) is 2.59. The van der Waals surface area contributed by atoms with E-state index in [1.807, 2.05) is 30.3 Å². The number of hydrogen-bond donors (Lipinski definition) is 1. The predicted octanol–water partition coefficient (Wildman–Crippen LogP) is 3.51. The highest BCUT2D eigenvalue weighted by Gasteiger charge is 2.08. The van der Waals surface area contributed by atoms with Crippen LogP contribution in [0.1, 0.15) is 11.1 Å². The third-order valence-corrected chi connectivity index (χ3v) is 3.84. The maximum absolute atomic E-state index is 13.4. The van der Waals surface area contributed by atoms with Crippen LogP contribution >= 0.6 is 11.8 Å². The molecule has 0 aromatic heterocycles. The molecule has 110 valence electrons. The molecule has 2 nitrogen and oxygen atoms in total. The SMILES string of the molecule is O=C(CSCc1cccc(F)c1F)NCc1ccccc1. The topological polar surface area (TPSA) is 29.1 Å². The zero-order valence-corrected chi connectivity index (χ0v) is 12.1. The van der Waals surface area contributed by atoms with Gasteiger partial charge in [0.2, 0.25) is 5.91 Å². The van der Waals surface area contributed by atoms with Crippen molar-refractivity contribution in [2.75, 3.05) is 5.75 Å². The van der Waals surface area contributed by atoms with E-state index in [1.165, 1.54) is 23.9 Å². The molecule has 0 spiro atoms. The number of rotatable bonds is 6. The third kappa shape index (κ3) is 4.86. The summed E-state index contributed by atoms with van der Waals surface area (Å²) < 4.78 is 26.4. The van der Waals surface area contributed by atoms with Crippen molar-refractivity contribution in [3.63, 3.8) is 0 Å². The summed E-state index contributed by atoms with van der Waals surface area (Å²) in [5, 5.41) is 2.78. The second-order valence-corrected chi connectivity index (χ2v) is 5.45. The van der Waals surface area contributed by atoms with Gasteiger partial charge >= 0.3 is 0 Å². The minimum Gasteiger partial charge on any atom is -0.351 e. The van der Waals surface area contributed by atoms with Crippen LogP contribution in [0.4, 0.5) is 8.78 Å². The van der Waals surface area contributed by atoms with E-state index in [-0.39, 0.29) is 23.0 Å². The molecule has 0 heterocycles. The fourth-order valence-electron chi connectivity index (χ4n) is 1.76. The van der Waals surface area contributed by atoms with Gasteiger partial charge in [0.25, 0.3) is 0 Å². The summed E-state index contributed by atoms with van der Waals surface area (Å²) in [4.78, 5) is 11.7. The fraction of sp³-hybridized carbons (Fsp3) is 0.188. The van der Waals surface area contributed by atoms with Crippen LogP contribution in [0, 0.1) is 11.6 Å². The minimum absolute atomic E-state index is 0.124. The predicted molar refractivity (Wildman–Crippen MR) is 80.8 cm³/mol. The summed E-state index contributed by atoms with van der Waals surface area (Å²) in [7, 11) is 0. The van der Waals surface area contributed by atoms with Gasteiger partial charge in [0.15, 0.2) is 11.6 Å².